The molecule has 0 unspecified atom stereocenters. The highest BCUT2D eigenvalue weighted by atomic mass is 16.6. The van der Waals surface area contributed by atoms with E-state index >= 15 is 0 Å². The minimum absolute atomic E-state index is 0.0952. The van der Waals surface area contributed by atoms with Crippen molar-refractivity contribution < 1.29 is 19.1 Å². The van der Waals surface area contributed by atoms with Crippen molar-refractivity contribution in [1.29, 1.82) is 0 Å². The molecule has 0 saturated carbocycles. The molecular weight excluding hydrogens is 270 g/mol. The Morgan fingerprint density at radius 2 is 1.81 bits per heavy atom. The first-order valence-electron chi connectivity index (χ1n) is 6.92. The lowest BCUT2D eigenvalue weighted by molar-refractivity contribution is -0.158. The maximum Gasteiger partial charge on any atom is 0.328 e. The molecule has 0 aliphatic heterocycles. The summed E-state index contributed by atoms with van der Waals surface area (Å²) in [5.74, 6) is -0.803. The van der Waals surface area contributed by atoms with E-state index in [2.05, 4.69) is 5.32 Å². The first-order chi connectivity index (χ1) is 9.78. The summed E-state index contributed by atoms with van der Waals surface area (Å²) in [6.07, 6.45) is 0. The van der Waals surface area contributed by atoms with Gasteiger partial charge in [0.05, 0.1) is 6.61 Å². The fourth-order valence-corrected chi connectivity index (χ4v) is 1.57. The molecule has 1 aromatic carbocycles. The molecular formula is C16H23NO4. The zero-order valence-electron chi connectivity index (χ0n) is 13.0. The number of esters is 1. The molecule has 0 spiro atoms. The van der Waals surface area contributed by atoms with Gasteiger partial charge in [0.1, 0.15) is 18.2 Å². The van der Waals surface area contributed by atoms with E-state index in [1.54, 1.807) is 27.7 Å². The third-order valence-electron chi connectivity index (χ3n) is 2.48. The van der Waals surface area contributed by atoms with E-state index < -0.39 is 17.6 Å². The predicted molar refractivity (Wildman–Crippen MR) is 79.5 cm³/mol. The van der Waals surface area contributed by atoms with Gasteiger partial charge in [-0.3, -0.25) is 4.79 Å². The van der Waals surface area contributed by atoms with Crippen molar-refractivity contribution in [3.8, 4) is 0 Å². The third kappa shape index (κ3) is 7.46. The lowest BCUT2D eigenvalue weighted by atomic mass is 10.2. The Morgan fingerprint density at radius 3 is 2.38 bits per heavy atom. The molecule has 0 saturated heterocycles. The molecule has 1 amide bonds. The van der Waals surface area contributed by atoms with Crippen LogP contribution in [0.1, 0.15) is 33.3 Å². The number of hydrogen-bond acceptors (Lipinski definition) is 4. The molecule has 0 fully saturated rings. The van der Waals surface area contributed by atoms with Crippen molar-refractivity contribution >= 4 is 11.9 Å². The van der Waals surface area contributed by atoms with Gasteiger partial charge in [-0.05, 0) is 33.3 Å². The fraction of sp³-hybridized carbons (Fsp3) is 0.500. The number of rotatable bonds is 6. The Kier molecular flexibility index (Phi) is 6.37. The maximum atomic E-state index is 11.7. The lowest BCUT2D eigenvalue weighted by Crippen LogP contribution is -2.43. The summed E-state index contributed by atoms with van der Waals surface area (Å²) < 4.78 is 10.5. The minimum Gasteiger partial charge on any atom is -0.458 e. The number of ether oxygens (including phenoxy) is 2. The van der Waals surface area contributed by atoms with E-state index in [-0.39, 0.29) is 12.5 Å². The molecule has 0 aromatic heterocycles. The van der Waals surface area contributed by atoms with E-state index in [4.69, 9.17) is 9.47 Å². The van der Waals surface area contributed by atoms with Gasteiger partial charge >= 0.3 is 5.97 Å². The molecule has 0 heterocycles. The minimum atomic E-state index is -0.697. The number of hydrogen-bond donors (Lipinski definition) is 1. The van der Waals surface area contributed by atoms with Gasteiger partial charge in [0, 0.05) is 0 Å². The van der Waals surface area contributed by atoms with Crippen LogP contribution in [0.3, 0.4) is 0 Å². The van der Waals surface area contributed by atoms with E-state index in [0.29, 0.717) is 6.61 Å². The average molecular weight is 293 g/mol. The molecule has 0 aliphatic carbocycles. The summed E-state index contributed by atoms with van der Waals surface area (Å²) in [6, 6.07) is 8.87. The molecule has 0 aliphatic rings. The lowest BCUT2D eigenvalue weighted by Gasteiger charge is -2.22. The smallest absolute Gasteiger partial charge is 0.328 e. The largest absolute Gasteiger partial charge is 0.458 e. The first kappa shape index (κ1) is 17.2. The van der Waals surface area contributed by atoms with Crippen LogP contribution in [-0.4, -0.2) is 30.1 Å². The normalized spacial score (nSPS) is 12.6. The summed E-state index contributed by atoms with van der Waals surface area (Å²) in [5, 5.41) is 2.55. The molecule has 116 valence electrons. The molecule has 1 atom stereocenters. The van der Waals surface area contributed by atoms with Crippen molar-refractivity contribution in [3.05, 3.63) is 35.9 Å². The Bertz CT molecular complexity index is 465. The second kappa shape index (κ2) is 7.78. The van der Waals surface area contributed by atoms with Gasteiger partial charge in [-0.25, -0.2) is 4.79 Å². The Morgan fingerprint density at radius 1 is 1.19 bits per heavy atom. The van der Waals surface area contributed by atoms with Gasteiger partial charge in [-0.2, -0.15) is 0 Å². The molecule has 1 rings (SSSR count). The average Bonchev–Trinajstić information content (AvgIpc) is 2.37. The topological polar surface area (TPSA) is 64.6 Å². The molecule has 5 heteroatoms. The van der Waals surface area contributed by atoms with Crippen LogP contribution in [0.2, 0.25) is 0 Å². The first-order valence-corrected chi connectivity index (χ1v) is 6.92. The Labute approximate surface area is 125 Å². The summed E-state index contributed by atoms with van der Waals surface area (Å²) >= 11 is 0. The van der Waals surface area contributed by atoms with Crippen molar-refractivity contribution in [2.45, 2.75) is 45.9 Å². The molecule has 0 radical (unpaired) electrons. The van der Waals surface area contributed by atoms with E-state index in [1.807, 2.05) is 30.3 Å². The SMILES string of the molecule is C[C@H](NC(=O)COCc1ccccc1)C(=O)OC(C)(C)C. The molecule has 1 N–H and O–H groups in total. The highest BCUT2D eigenvalue weighted by Gasteiger charge is 2.22. The van der Waals surface area contributed by atoms with Crippen LogP contribution in [0.15, 0.2) is 30.3 Å². The van der Waals surface area contributed by atoms with E-state index in [0.717, 1.165) is 5.56 Å². The van der Waals surface area contributed by atoms with Crippen LogP contribution in [0.5, 0.6) is 0 Å². The summed E-state index contributed by atoms with van der Waals surface area (Å²) in [6.45, 7) is 7.19. The standard InChI is InChI=1S/C16H23NO4/c1-12(15(19)21-16(2,3)4)17-14(18)11-20-10-13-8-6-5-7-9-13/h5-9,12H,10-11H2,1-4H3,(H,17,18)/t12-/m0/s1. The predicted octanol–water partition coefficient (Wildman–Crippen LogP) is 2.05. The third-order valence-corrected chi connectivity index (χ3v) is 2.48. The van der Waals surface area contributed by atoms with Crippen molar-refractivity contribution in [2.75, 3.05) is 6.61 Å². The van der Waals surface area contributed by atoms with Gasteiger partial charge in [-0.1, -0.05) is 30.3 Å². The van der Waals surface area contributed by atoms with Crippen molar-refractivity contribution in [2.24, 2.45) is 0 Å². The van der Waals surface area contributed by atoms with Gasteiger partial charge in [-0.15, -0.1) is 0 Å². The van der Waals surface area contributed by atoms with Crippen LogP contribution in [-0.2, 0) is 25.7 Å². The van der Waals surface area contributed by atoms with Crippen LogP contribution in [0.25, 0.3) is 0 Å². The fourth-order valence-electron chi connectivity index (χ4n) is 1.57. The van der Waals surface area contributed by atoms with Gasteiger partial charge in [0.25, 0.3) is 0 Å². The second-order valence-electron chi connectivity index (χ2n) is 5.80. The van der Waals surface area contributed by atoms with Gasteiger partial charge in [0.15, 0.2) is 0 Å². The van der Waals surface area contributed by atoms with E-state index in [1.165, 1.54) is 0 Å². The quantitative estimate of drug-likeness (QED) is 0.815. The number of amides is 1. The van der Waals surface area contributed by atoms with Gasteiger partial charge < -0.3 is 14.8 Å². The number of carbonyl (C=O) groups excluding carboxylic acids is 2. The number of benzene rings is 1. The second-order valence-corrected chi connectivity index (χ2v) is 5.80. The summed E-state index contributed by atoms with van der Waals surface area (Å²) in [7, 11) is 0. The highest BCUT2D eigenvalue weighted by Crippen LogP contribution is 2.08. The van der Waals surface area contributed by atoms with Crippen LogP contribution >= 0.6 is 0 Å². The van der Waals surface area contributed by atoms with Crippen molar-refractivity contribution in [3.63, 3.8) is 0 Å². The summed E-state index contributed by atoms with van der Waals surface area (Å²) in [4.78, 5) is 23.4. The monoisotopic (exact) mass is 293 g/mol. The van der Waals surface area contributed by atoms with E-state index in [9.17, 15) is 9.59 Å². The van der Waals surface area contributed by atoms with Crippen molar-refractivity contribution in [1.82, 2.24) is 5.32 Å². The molecule has 5 nitrogen and oxygen atoms in total. The Balaban J connectivity index is 2.28. The zero-order chi connectivity index (χ0) is 15.9. The highest BCUT2D eigenvalue weighted by molar-refractivity contribution is 5.84. The molecule has 21 heavy (non-hydrogen) atoms. The zero-order valence-corrected chi connectivity index (χ0v) is 13.0. The van der Waals surface area contributed by atoms with Crippen LogP contribution in [0.4, 0.5) is 0 Å². The Hall–Kier alpha value is -1.88. The maximum absolute atomic E-state index is 11.7. The van der Waals surface area contributed by atoms with Crippen LogP contribution < -0.4 is 5.32 Å². The number of nitrogens with one attached hydrogen (secondary N) is 1. The van der Waals surface area contributed by atoms with Gasteiger partial charge in [0.2, 0.25) is 5.91 Å². The number of carbonyl (C=O) groups is 2. The van der Waals surface area contributed by atoms with Crippen LogP contribution in [0, 0.1) is 0 Å². The molecule has 0 bridgehead atoms. The summed E-state index contributed by atoms with van der Waals surface area (Å²) in [5.41, 5.74) is 0.422. The molecule has 1 aromatic rings.